The van der Waals surface area contributed by atoms with E-state index in [0.717, 1.165) is 10.7 Å². The molecule has 1 amide bonds. The largest absolute Gasteiger partial charge is 0.355 e. The van der Waals surface area contributed by atoms with Gasteiger partial charge in [-0.05, 0) is 31.9 Å². The maximum absolute atomic E-state index is 12.8. The minimum Gasteiger partial charge on any atom is -0.355 e. The summed E-state index contributed by atoms with van der Waals surface area (Å²) in [5.74, 6) is -0.184. The number of benzene rings is 1. The second-order valence-electron chi connectivity index (χ2n) is 6.51. The third-order valence-electron chi connectivity index (χ3n) is 4.63. The Balaban J connectivity index is 1.51. The van der Waals surface area contributed by atoms with Crippen molar-refractivity contribution in [3.8, 4) is 0 Å². The predicted molar refractivity (Wildman–Crippen MR) is 106 cm³/mol. The lowest BCUT2D eigenvalue weighted by molar-refractivity contribution is -0.126. The number of nitrogens with zero attached hydrogens (tertiary/aromatic N) is 2. The van der Waals surface area contributed by atoms with Gasteiger partial charge in [-0.3, -0.25) is 4.79 Å². The van der Waals surface area contributed by atoms with E-state index in [1.165, 1.54) is 10.4 Å². The van der Waals surface area contributed by atoms with E-state index < -0.39 is 10.0 Å². The average Bonchev–Trinajstić information content (AvgIpc) is 3.07. The molecule has 1 N–H and O–H groups in total. The van der Waals surface area contributed by atoms with Crippen LogP contribution in [0.4, 0.5) is 0 Å². The van der Waals surface area contributed by atoms with E-state index in [2.05, 4.69) is 10.3 Å². The summed E-state index contributed by atoms with van der Waals surface area (Å²) >= 11 is 7.64. The molecule has 1 aliphatic heterocycles. The lowest BCUT2D eigenvalue weighted by Crippen LogP contribution is -2.43. The van der Waals surface area contributed by atoms with Gasteiger partial charge in [-0.2, -0.15) is 4.31 Å². The minimum atomic E-state index is -3.63. The Morgan fingerprint density at radius 1 is 1.33 bits per heavy atom. The highest BCUT2D eigenvalue weighted by molar-refractivity contribution is 7.89. The van der Waals surface area contributed by atoms with E-state index in [4.69, 9.17) is 11.6 Å². The van der Waals surface area contributed by atoms with Gasteiger partial charge in [0.1, 0.15) is 4.90 Å². The van der Waals surface area contributed by atoms with Crippen molar-refractivity contribution in [2.45, 2.75) is 31.1 Å². The summed E-state index contributed by atoms with van der Waals surface area (Å²) in [6.45, 7) is 3.13. The molecule has 0 aliphatic carbocycles. The molecular weight excluding hydrogens is 406 g/mol. The molecule has 27 heavy (non-hydrogen) atoms. The van der Waals surface area contributed by atoms with Crippen molar-refractivity contribution in [3.63, 3.8) is 0 Å². The summed E-state index contributed by atoms with van der Waals surface area (Å²) < 4.78 is 26.9. The topological polar surface area (TPSA) is 79.4 Å². The number of carbonyl (C=O) groups is 1. The lowest BCUT2D eigenvalue weighted by atomic mass is 9.97. The number of piperidine rings is 1. The molecule has 9 heteroatoms. The quantitative estimate of drug-likeness (QED) is 0.768. The number of aromatic nitrogens is 1. The van der Waals surface area contributed by atoms with Crippen LogP contribution in [-0.2, 0) is 21.2 Å². The molecule has 0 bridgehead atoms. The first kappa shape index (κ1) is 20.3. The number of thiazole rings is 1. The molecular formula is C18H22ClN3O3S2. The molecule has 0 atom stereocenters. The van der Waals surface area contributed by atoms with Gasteiger partial charge in [0.05, 0.1) is 15.7 Å². The zero-order chi connectivity index (χ0) is 19.4. The van der Waals surface area contributed by atoms with E-state index >= 15 is 0 Å². The second-order valence-corrected chi connectivity index (χ2v) is 9.88. The molecule has 0 spiro atoms. The molecule has 1 saturated heterocycles. The molecule has 0 radical (unpaired) electrons. The monoisotopic (exact) mass is 427 g/mol. The van der Waals surface area contributed by atoms with Crippen LogP contribution in [-0.4, -0.2) is 43.2 Å². The predicted octanol–water partition coefficient (Wildman–Crippen LogP) is 2.86. The van der Waals surface area contributed by atoms with Crippen molar-refractivity contribution >= 4 is 38.9 Å². The molecule has 3 rings (SSSR count). The number of sulfonamides is 1. The summed E-state index contributed by atoms with van der Waals surface area (Å²) in [7, 11) is -3.63. The molecule has 146 valence electrons. The molecule has 1 aromatic carbocycles. The molecule has 0 saturated carbocycles. The summed E-state index contributed by atoms with van der Waals surface area (Å²) in [5, 5.41) is 6.17. The number of hydrogen-bond acceptors (Lipinski definition) is 5. The average molecular weight is 428 g/mol. The fraction of sp³-hybridized carbons (Fsp3) is 0.444. The number of carbonyl (C=O) groups excluding carboxylic acids is 1. The van der Waals surface area contributed by atoms with Crippen LogP contribution in [0.1, 0.15) is 23.5 Å². The van der Waals surface area contributed by atoms with Crippen LogP contribution in [0.3, 0.4) is 0 Å². The van der Waals surface area contributed by atoms with E-state index in [9.17, 15) is 13.2 Å². The zero-order valence-corrected chi connectivity index (χ0v) is 17.4. The van der Waals surface area contributed by atoms with Gasteiger partial charge in [-0.15, -0.1) is 11.3 Å². The number of hydrogen-bond donors (Lipinski definition) is 1. The third-order valence-corrected chi connectivity index (χ3v) is 7.85. The van der Waals surface area contributed by atoms with Crippen LogP contribution >= 0.6 is 22.9 Å². The van der Waals surface area contributed by atoms with E-state index in [1.54, 1.807) is 29.5 Å². The first-order valence-electron chi connectivity index (χ1n) is 8.81. The molecule has 2 aromatic rings. The van der Waals surface area contributed by atoms with E-state index in [1.807, 2.05) is 12.3 Å². The van der Waals surface area contributed by atoms with Gasteiger partial charge >= 0.3 is 0 Å². The number of rotatable bonds is 6. The number of amides is 1. The first-order valence-corrected chi connectivity index (χ1v) is 11.5. The molecule has 2 heterocycles. The maximum atomic E-state index is 12.8. The Kier molecular flexibility index (Phi) is 6.52. The fourth-order valence-electron chi connectivity index (χ4n) is 3.13. The Morgan fingerprint density at radius 3 is 2.67 bits per heavy atom. The van der Waals surface area contributed by atoms with Crippen molar-refractivity contribution < 1.29 is 13.2 Å². The van der Waals surface area contributed by atoms with Crippen LogP contribution in [0, 0.1) is 12.8 Å². The summed E-state index contributed by atoms with van der Waals surface area (Å²) in [5.41, 5.74) is 0.985. The van der Waals surface area contributed by atoms with Crippen molar-refractivity contribution in [3.05, 3.63) is 45.4 Å². The van der Waals surface area contributed by atoms with Gasteiger partial charge in [0.25, 0.3) is 0 Å². The fourth-order valence-corrected chi connectivity index (χ4v) is 5.74. The Hall–Kier alpha value is -1.48. The van der Waals surface area contributed by atoms with Crippen LogP contribution in [0.25, 0.3) is 0 Å². The van der Waals surface area contributed by atoms with Crippen molar-refractivity contribution in [1.82, 2.24) is 14.6 Å². The van der Waals surface area contributed by atoms with Crippen molar-refractivity contribution in [2.24, 2.45) is 5.92 Å². The van der Waals surface area contributed by atoms with E-state index in [0.29, 0.717) is 38.9 Å². The van der Waals surface area contributed by atoms with Gasteiger partial charge in [0.2, 0.25) is 15.9 Å². The van der Waals surface area contributed by atoms with Gasteiger partial charge in [-0.1, -0.05) is 23.7 Å². The van der Waals surface area contributed by atoms with Crippen molar-refractivity contribution in [2.75, 3.05) is 19.6 Å². The molecule has 1 aliphatic rings. The minimum absolute atomic E-state index is 0.0169. The highest BCUT2D eigenvalue weighted by Gasteiger charge is 2.32. The van der Waals surface area contributed by atoms with Crippen LogP contribution < -0.4 is 5.32 Å². The van der Waals surface area contributed by atoms with Crippen molar-refractivity contribution in [1.29, 1.82) is 0 Å². The molecule has 1 fully saturated rings. The summed E-state index contributed by atoms with van der Waals surface area (Å²) in [6, 6.07) is 6.43. The molecule has 6 nitrogen and oxygen atoms in total. The maximum Gasteiger partial charge on any atom is 0.244 e. The Morgan fingerprint density at radius 2 is 2.04 bits per heavy atom. The van der Waals surface area contributed by atoms with Gasteiger partial charge in [0.15, 0.2) is 0 Å². The van der Waals surface area contributed by atoms with Crippen LogP contribution in [0.15, 0.2) is 34.5 Å². The second kappa shape index (κ2) is 8.68. The number of halogens is 1. The third kappa shape index (κ3) is 4.87. The highest BCUT2D eigenvalue weighted by atomic mass is 35.5. The number of aryl methyl sites for hydroxylation is 1. The summed E-state index contributed by atoms with van der Waals surface area (Å²) in [6.07, 6.45) is 1.71. The lowest BCUT2D eigenvalue weighted by Gasteiger charge is -2.30. The SMILES string of the molecule is Cc1nc(CCNC(=O)C2CCN(S(=O)(=O)c3ccccc3Cl)CC2)cs1. The van der Waals surface area contributed by atoms with Crippen LogP contribution in [0.5, 0.6) is 0 Å². The Labute approximate surface area is 168 Å². The highest BCUT2D eigenvalue weighted by Crippen LogP contribution is 2.28. The first-order chi connectivity index (χ1) is 12.9. The number of nitrogens with one attached hydrogen (secondary N) is 1. The smallest absolute Gasteiger partial charge is 0.244 e. The van der Waals surface area contributed by atoms with E-state index in [-0.39, 0.29) is 21.7 Å². The van der Waals surface area contributed by atoms with Crippen LogP contribution in [0.2, 0.25) is 5.02 Å². The van der Waals surface area contributed by atoms with Gasteiger partial charge < -0.3 is 5.32 Å². The Bertz CT molecular complexity index is 906. The van der Waals surface area contributed by atoms with Gasteiger partial charge in [-0.25, -0.2) is 13.4 Å². The van der Waals surface area contributed by atoms with Gasteiger partial charge in [0, 0.05) is 37.4 Å². The summed E-state index contributed by atoms with van der Waals surface area (Å²) in [4.78, 5) is 16.9. The normalized spacial score (nSPS) is 16.4. The molecule has 1 aromatic heterocycles. The molecule has 0 unspecified atom stereocenters. The zero-order valence-electron chi connectivity index (χ0n) is 15.0. The standard InChI is InChI=1S/C18H22ClN3O3S2/c1-13-21-15(12-26-13)6-9-20-18(23)14-7-10-22(11-8-14)27(24,25)17-5-3-2-4-16(17)19/h2-5,12,14H,6-11H2,1H3,(H,20,23).